The lowest BCUT2D eigenvalue weighted by Gasteiger charge is -2.08. The number of amides is 2. The third kappa shape index (κ3) is 8.22. The van der Waals surface area contributed by atoms with Gasteiger partial charge in [0.25, 0.3) is 5.91 Å². The van der Waals surface area contributed by atoms with Crippen molar-refractivity contribution < 1.29 is 28.6 Å². The average Bonchev–Trinajstić information content (AvgIpc) is 2.74. The molecule has 2 amide bonds. The zero-order chi connectivity index (χ0) is 21.8. The lowest BCUT2D eigenvalue weighted by molar-refractivity contribution is -0.147. The molecule has 0 fully saturated rings. The summed E-state index contributed by atoms with van der Waals surface area (Å²) < 4.78 is 15.6. The van der Waals surface area contributed by atoms with Crippen LogP contribution in [0.1, 0.15) is 26.7 Å². The molecule has 0 atom stereocenters. The summed E-state index contributed by atoms with van der Waals surface area (Å²) in [5.41, 5.74) is 1.17. The minimum atomic E-state index is -0.626. The molecule has 0 aromatic heterocycles. The van der Waals surface area contributed by atoms with Gasteiger partial charge in [0.1, 0.15) is 11.5 Å². The van der Waals surface area contributed by atoms with E-state index >= 15 is 0 Å². The monoisotopic (exact) mass is 414 g/mol. The van der Waals surface area contributed by atoms with E-state index in [1.807, 2.05) is 13.8 Å². The van der Waals surface area contributed by atoms with Gasteiger partial charge in [-0.2, -0.15) is 0 Å². The number of rotatable bonds is 11. The maximum Gasteiger partial charge on any atom is 0.306 e. The van der Waals surface area contributed by atoms with Crippen molar-refractivity contribution in [2.75, 3.05) is 30.5 Å². The summed E-state index contributed by atoms with van der Waals surface area (Å²) in [4.78, 5) is 35.6. The Morgan fingerprint density at radius 1 is 0.700 bits per heavy atom. The van der Waals surface area contributed by atoms with Crippen molar-refractivity contribution in [1.82, 2.24) is 0 Å². The predicted molar refractivity (Wildman–Crippen MR) is 113 cm³/mol. The molecule has 0 saturated carbocycles. The molecule has 30 heavy (non-hydrogen) atoms. The Labute approximate surface area is 175 Å². The number of carbonyl (C=O) groups excluding carboxylic acids is 3. The van der Waals surface area contributed by atoms with Crippen LogP contribution < -0.4 is 20.1 Å². The topological polar surface area (TPSA) is 103 Å². The fourth-order valence-electron chi connectivity index (χ4n) is 2.46. The van der Waals surface area contributed by atoms with Crippen molar-refractivity contribution in [2.45, 2.75) is 26.7 Å². The van der Waals surface area contributed by atoms with Crippen LogP contribution in [-0.2, 0) is 19.1 Å². The molecule has 0 spiro atoms. The van der Waals surface area contributed by atoms with Gasteiger partial charge in [0, 0.05) is 17.8 Å². The third-order valence-electron chi connectivity index (χ3n) is 3.82. The number of esters is 1. The number of hydrogen-bond acceptors (Lipinski definition) is 6. The Balaban J connectivity index is 1.66. The molecule has 2 aromatic carbocycles. The quantitative estimate of drug-likeness (QED) is 0.547. The summed E-state index contributed by atoms with van der Waals surface area (Å²) in [6.07, 6.45) is -0.175. The van der Waals surface area contributed by atoms with E-state index in [0.717, 1.165) is 0 Å². The van der Waals surface area contributed by atoms with Crippen LogP contribution in [0.15, 0.2) is 48.5 Å². The molecule has 0 aliphatic rings. The van der Waals surface area contributed by atoms with E-state index in [9.17, 15) is 14.4 Å². The van der Waals surface area contributed by atoms with E-state index in [-0.39, 0.29) is 18.7 Å². The van der Waals surface area contributed by atoms with Crippen LogP contribution in [0.5, 0.6) is 11.5 Å². The number of benzene rings is 2. The van der Waals surface area contributed by atoms with Gasteiger partial charge in [0.05, 0.1) is 19.6 Å². The molecule has 0 unspecified atom stereocenters. The van der Waals surface area contributed by atoms with E-state index in [2.05, 4.69) is 10.6 Å². The number of hydrogen-bond donors (Lipinski definition) is 2. The fraction of sp³-hybridized carbons (Fsp3) is 0.318. The molecule has 160 valence electrons. The van der Waals surface area contributed by atoms with Gasteiger partial charge in [-0.15, -0.1) is 0 Å². The molecule has 0 saturated heterocycles. The van der Waals surface area contributed by atoms with E-state index < -0.39 is 18.5 Å². The number of anilines is 2. The van der Waals surface area contributed by atoms with E-state index in [1.54, 1.807) is 48.5 Å². The minimum absolute atomic E-state index is 0.0491. The summed E-state index contributed by atoms with van der Waals surface area (Å²) in [5, 5.41) is 5.30. The van der Waals surface area contributed by atoms with Gasteiger partial charge in [-0.25, -0.2) is 0 Å². The van der Waals surface area contributed by atoms with Crippen LogP contribution >= 0.6 is 0 Å². The van der Waals surface area contributed by atoms with Crippen LogP contribution in [0.25, 0.3) is 0 Å². The Kier molecular flexibility index (Phi) is 9.18. The highest BCUT2D eigenvalue weighted by atomic mass is 16.5. The van der Waals surface area contributed by atoms with Crippen molar-refractivity contribution in [2.24, 2.45) is 0 Å². The summed E-state index contributed by atoms with van der Waals surface area (Å²) in [6.45, 7) is 4.46. The number of nitrogens with one attached hydrogen (secondary N) is 2. The van der Waals surface area contributed by atoms with Crippen molar-refractivity contribution in [3.05, 3.63) is 48.5 Å². The highest BCUT2D eigenvalue weighted by molar-refractivity contribution is 5.94. The van der Waals surface area contributed by atoms with Gasteiger partial charge in [0.15, 0.2) is 6.61 Å². The van der Waals surface area contributed by atoms with Crippen LogP contribution in [0, 0.1) is 0 Å². The van der Waals surface area contributed by atoms with Crippen molar-refractivity contribution in [3.8, 4) is 11.5 Å². The van der Waals surface area contributed by atoms with Gasteiger partial charge in [-0.05, 0) is 62.4 Å². The first kappa shape index (κ1) is 22.7. The summed E-state index contributed by atoms with van der Waals surface area (Å²) >= 11 is 0. The molecule has 0 aliphatic heterocycles. The molecular formula is C22H26N2O6. The first-order valence-electron chi connectivity index (χ1n) is 9.71. The first-order chi connectivity index (χ1) is 14.5. The van der Waals surface area contributed by atoms with Gasteiger partial charge in [-0.1, -0.05) is 0 Å². The largest absolute Gasteiger partial charge is 0.494 e. The second-order valence-electron chi connectivity index (χ2n) is 6.17. The van der Waals surface area contributed by atoms with E-state index in [1.165, 1.54) is 0 Å². The number of ether oxygens (including phenoxy) is 3. The normalized spacial score (nSPS) is 10.1. The zero-order valence-electron chi connectivity index (χ0n) is 17.1. The lowest BCUT2D eigenvalue weighted by atomic mass is 10.2. The van der Waals surface area contributed by atoms with Crippen molar-refractivity contribution >= 4 is 29.2 Å². The van der Waals surface area contributed by atoms with Crippen LogP contribution in [0.4, 0.5) is 11.4 Å². The van der Waals surface area contributed by atoms with Gasteiger partial charge in [0.2, 0.25) is 5.91 Å². The Morgan fingerprint density at radius 2 is 1.17 bits per heavy atom. The highest BCUT2D eigenvalue weighted by Crippen LogP contribution is 2.16. The fourth-order valence-corrected chi connectivity index (χ4v) is 2.46. The third-order valence-corrected chi connectivity index (χ3v) is 3.82. The zero-order valence-corrected chi connectivity index (χ0v) is 17.1. The molecule has 8 nitrogen and oxygen atoms in total. The maximum atomic E-state index is 11.9. The van der Waals surface area contributed by atoms with Gasteiger partial charge < -0.3 is 24.8 Å². The highest BCUT2D eigenvalue weighted by Gasteiger charge is 2.11. The van der Waals surface area contributed by atoms with Gasteiger partial charge in [-0.3, -0.25) is 14.4 Å². The lowest BCUT2D eigenvalue weighted by Crippen LogP contribution is -2.21. The molecule has 8 heteroatoms. The molecule has 2 aromatic rings. The molecule has 0 radical (unpaired) electrons. The molecule has 2 N–H and O–H groups in total. The molecule has 0 aliphatic carbocycles. The number of carbonyl (C=O) groups is 3. The van der Waals surface area contributed by atoms with E-state index in [4.69, 9.17) is 14.2 Å². The van der Waals surface area contributed by atoms with Crippen molar-refractivity contribution in [3.63, 3.8) is 0 Å². The minimum Gasteiger partial charge on any atom is -0.494 e. The molecule has 2 rings (SSSR count). The maximum absolute atomic E-state index is 11.9. The summed E-state index contributed by atoms with van der Waals surface area (Å²) in [6, 6.07) is 13.8. The van der Waals surface area contributed by atoms with Crippen LogP contribution in [-0.4, -0.2) is 37.6 Å². The Morgan fingerprint density at radius 3 is 1.63 bits per heavy atom. The van der Waals surface area contributed by atoms with E-state index in [0.29, 0.717) is 36.1 Å². The second kappa shape index (κ2) is 12.1. The SMILES string of the molecule is CCOc1ccc(NC(=O)CCC(=O)OCC(=O)Nc2ccc(OCC)cc2)cc1. The van der Waals surface area contributed by atoms with Crippen LogP contribution in [0.2, 0.25) is 0 Å². The molecule has 0 bridgehead atoms. The first-order valence-corrected chi connectivity index (χ1v) is 9.71. The summed E-state index contributed by atoms with van der Waals surface area (Å²) in [5.74, 6) is -0.00647. The van der Waals surface area contributed by atoms with Crippen molar-refractivity contribution in [1.29, 1.82) is 0 Å². The van der Waals surface area contributed by atoms with Crippen LogP contribution in [0.3, 0.4) is 0 Å². The summed E-state index contributed by atoms with van der Waals surface area (Å²) in [7, 11) is 0. The molecule has 0 heterocycles. The Bertz CT molecular complexity index is 764. The predicted octanol–water partition coefficient (Wildman–Crippen LogP) is 3.38. The standard InChI is InChI=1S/C22H26N2O6/c1-3-28-18-9-5-16(6-10-18)23-20(25)13-14-22(27)30-15-21(26)24-17-7-11-19(12-8-17)29-4-2/h5-12H,3-4,13-15H2,1-2H3,(H,23,25)(H,24,26). The average molecular weight is 414 g/mol. The second-order valence-corrected chi connectivity index (χ2v) is 6.17. The Hall–Kier alpha value is -3.55. The molecular weight excluding hydrogens is 388 g/mol. The smallest absolute Gasteiger partial charge is 0.306 e. The van der Waals surface area contributed by atoms with Gasteiger partial charge >= 0.3 is 5.97 Å².